The van der Waals surface area contributed by atoms with Crippen molar-refractivity contribution >= 4 is 28.9 Å². The molecule has 110 valence electrons. The summed E-state index contributed by atoms with van der Waals surface area (Å²) in [5.74, 6) is 0.519. The van der Waals surface area contributed by atoms with Crippen LogP contribution >= 0.6 is 12.2 Å². The van der Waals surface area contributed by atoms with Crippen molar-refractivity contribution in [3.05, 3.63) is 54.0 Å². The molecular formula is C15H17N3O2S. The highest BCUT2D eigenvalue weighted by Crippen LogP contribution is 2.15. The number of hydrogen-bond acceptors (Lipinski definition) is 3. The van der Waals surface area contributed by atoms with Crippen LogP contribution in [0.3, 0.4) is 0 Å². The van der Waals surface area contributed by atoms with E-state index >= 15 is 0 Å². The van der Waals surface area contributed by atoms with Crippen molar-refractivity contribution in [1.29, 1.82) is 0 Å². The highest BCUT2D eigenvalue weighted by atomic mass is 32.1. The second kappa shape index (κ2) is 7.44. The highest BCUT2D eigenvalue weighted by Gasteiger charge is 2.11. The van der Waals surface area contributed by atoms with Crippen LogP contribution < -0.4 is 16.0 Å². The van der Waals surface area contributed by atoms with Crippen LogP contribution in [0, 0.1) is 0 Å². The van der Waals surface area contributed by atoms with E-state index in [2.05, 4.69) is 16.0 Å². The van der Waals surface area contributed by atoms with Crippen LogP contribution in [0.4, 0.5) is 5.69 Å². The Morgan fingerprint density at radius 2 is 2.00 bits per heavy atom. The van der Waals surface area contributed by atoms with E-state index in [9.17, 15) is 4.79 Å². The summed E-state index contributed by atoms with van der Waals surface area (Å²) >= 11 is 5.14. The molecule has 0 aliphatic heterocycles. The van der Waals surface area contributed by atoms with Gasteiger partial charge in [-0.2, -0.15) is 0 Å². The molecule has 0 aliphatic rings. The first kappa shape index (κ1) is 15.1. The van der Waals surface area contributed by atoms with Gasteiger partial charge in [0, 0.05) is 6.54 Å². The zero-order valence-corrected chi connectivity index (χ0v) is 12.5. The van der Waals surface area contributed by atoms with Crippen LogP contribution in [-0.4, -0.2) is 17.6 Å². The van der Waals surface area contributed by atoms with Gasteiger partial charge in [-0.3, -0.25) is 4.79 Å². The number of para-hydroxylation sites is 1. The van der Waals surface area contributed by atoms with Crippen LogP contribution in [0.15, 0.2) is 47.1 Å². The van der Waals surface area contributed by atoms with E-state index in [4.69, 9.17) is 16.6 Å². The molecule has 1 aromatic heterocycles. The smallest absolute Gasteiger partial charge is 0.253 e. The quantitative estimate of drug-likeness (QED) is 0.741. The number of thiocarbonyl (C=S) groups is 1. The minimum atomic E-state index is -0.186. The molecule has 0 unspecified atom stereocenters. The van der Waals surface area contributed by atoms with Gasteiger partial charge in [0.15, 0.2) is 5.11 Å². The lowest BCUT2D eigenvalue weighted by Gasteiger charge is -2.13. The van der Waals surface area contributed by atoms with Crippen molar-refractivity contribution in [3.8, 4) is 0 Å². The van der Waals surface area contributed by atoms with Gasteiger partial charge in [0.25, 0.3) is 5.91 Å². The summed E-state index contributed by atoms with van der Waals surface area (Å²) in [4.78, 5) is 12.2. The maximum Gasteiger partial charge on any atom is 0.253 e. The number of carbonyl (C=O) groups excluding carboxylic acids is 1. The molecule has 3 N–H and O–H groups in total. The van der Waals surface area contributed by atoms with Crippen LogP contribution in [0.2, 0.25) is 0 Å². The van der Waals surface area contributed by atoms with Crippen LogP contribution in [-0.2, 0) is 6.54 Å². The van der Waals surface area contributed by atoms with Crippen LogP contribution in [0.1, 0.15) is 23.0 Å². The Bertz CT molecular complexity index is 611. The molecule has 6 heteroatoms. The third-order valence-corrected chi connectivity index (χ3v) is 3.01. The average molecular weight is 303 g/mol. The third kappa shape index (κ3) is 4.32. The zero-order valence-electron chi connectivity index (χ0n) is 11.7. The molecule has 0 saturated carbocycles. The van der Waals surface area contributed by atoms with Crippen molar-refractivity contribution < 1.29 is 9.21 Å². The summed E-state index contributed by atoms with van der Waals surface area (Å²) in [6, 6.07) is 10.8. The predicted octanol–water partition coefficient (Wildman–Crippen LogP) is 2.52. The first-order valence-corrected chi connectivity index (χ1v) is 7.06. The standard InChI is InChI=1S/C15H17N3O2S/c1-2-16-15(21)18-13-8-4-3-7-12(13)14(19)17-10-11-6-5-9-20-11/h3-9H,2,10H2,1H3,(H,17,19)(H2,16,18,21). The summed E-state index contributed by atoms with van der Waals surface area (Å²) in [5, 5.41) is 9.31. The Morgan fingerprint density at radius 1 is 1.19 bits per heavy atom. The molecule has 0 bridgehead atoms. The zero-order chi connectivity index (χ0) is 15.1. The van der Waals surface area contributed by atoms with E-state index in [0.717, 1.165) is 6.54 Å². The second-order valence-corrected chi connectivity index (χ2v) is 4.70. The molecule has 0 atom stereocenters. The van der Waals surface area contributed by atoms with Crippen molar-refractivity contribution in [2.75, 3.05) is 11.9 Å². The normalized spacial score (nSPS) is 9.95. The Balaban J connectivity index is 2.04. The maximum atomic E-state index is 12.2. The number of furan rings is 1. The maximum absolute atomic E-state index is 12.2. The monoisotopic (exact) mass is 303 g/mol. The fourth-order valence-corrected chi connectivity index (χ4v) is 2.05. The second-order valence-electron chi connectivity index (χ2n) is 4.29. The summed E-state index contributed by atoms with van der Waals surface area (Å²) in [7, 11) is 0. The van der Waals surface area contributed by atoms with Crippen molar-refractivity contribution in [3.63, 3.8) is 0 Å². The van der Waals surface area contributed by atoms with Crippen molar-refractivity contribution in [1.82, 2.24) is 10.6 Å². The number of amides is 1. The Morgan fingerprint density at radius 3 is 2.71 bits per heavy atom. The minimum absolute atomic E-state index is 0.186. The molecule has 5 nitrogen and oxygen atoms in total. The number of carbonyl (C=O) groups is 1. The summed E-state index contributed by atoms with van der Waals surface area (Å²) in [5.41, 5.74) is 1.20. The van der Waals surface area contributed by atoms with Gasteiger partial charge in [-0.05, 0) is 43.4 Å². The van der Waals surface area contributed by atoms with Crippen LogP contribution in [0.25, 0.3) is 0 Å². The molecular weight excluding hydrogens is 286 g/mol. The number of nitrogens with one attached hydrogen (secondary N) is 3. The van der Waals surface area contributed by atoms with Crippen molar-refractivity contribution in [2.24, 2.45) is 0 Å². The van der Waals surface area contributed by atoms with Crippen molar-refractivity contribution in [2.45, 2.75) is 13.5 Å². The van der Waals surface area contributed by atoms with E-state index in [1.54, 1.807) is 18.4 Å². The number of hydrogen-bond donors (Lipinski definition) is 3. The average Bonchev–Trinajstić information content (AvgIpc) is 2.99. The first-order valence-electron chi connectivity index (χ1n) is 6.65. The molecule has 2 rings (SSSR count). The number of anilines is 1. The van der Waals surface area contributed by atoms with Gasteiger partial charge < -0.3 is 20.4 Å². The van der Waals surface area contributed by atoms with Gasteiger partial charge in [-0.25, -0.2) is 0 Å². The van der Waals surface area contributed by atoms with E-state index in [-0.39, 0.29) is 5.91 Å². The molecule has 2 aromatic rings. The fraction of sp³-hybridized carbons (Fsp3) is 0.200. The van der Waals surface area contributed by atoms with Gasteiger partial charge in [-0.1, -0.05) is 12.1 Å². The van der Waals surface area contributed by atoms with E-state index in [0.29, 0.717) is 28.7 Å². The molecule has 21 heavy (non-hydrogen) atoms. The van der Waals surface area contributed by atoms with Gasteiger partial charge in [0.2, 0.25) is 0 Å². The molecule has 0 aliphatic carbocycles. The lowest BCUT2D eigenvalue weighted by molar-refractivity contribution is 0.0949. The third-order valence-electron chi connectivity index (χ3n) is 2.76. The van der Waals surface area contributed by atoms with Gasteiger partial charge in [0.05, 0.1) is 24.1 Å². The molecule has 0 radical (unpaired) electrons. The van der Waals surface area contributed by atoms with E-state index in [1.807, 2.05) is 31.2 Å². The Kier molecular flexibility index (Phi) is 5.34. The fourth-order valence-electron chi connectivity index (χ4n) is 1.79. The van der Waals surface area contributed by atoms with E-state index < -0.39 is 0 Å². The lowest BCUT2D eigenvalue weighted by Crippen LogP contribution is -2.30. The molecule has 1 aromatic carbocycles. The van der Waals surface area contributed by atoms with E-state index in [1.165, 1.54) is 0 Å². The van der Waals surface area contributed by atoms with Gasteiger partial charge >= 0.3 is 0 Å². The molecule has 1 heterocycles. The topological polar surface area (TPSA) is 66.3 Å². The highest BCUT2D eigenvalue weighted by molar-refractivity contribution is 7.80. The van der Waals surface area contributed by atoms with Gasteiger partial charge in [-0.15, -0.1) is 0 Å². The van der Waals surface area contributed by atoms with Crippen LogP contribution in [0.5, 0.6) is 0 Å². The minimum Gasteiger partial charge on any atom is -0.467 e. The Labute approximate surface area is 128 Å². The Hall–Kier alpha value is -2.34. The summed E-state index contributed by atoms with van der Waals surface area (Å²) in [6.07, 6.45) is 1.58. The SMILES string of the molecule is CCNC(=S)Nc1ccccc1C(=O)NCc1ccco1. The first-order chi connectivity index (χ1) is 10.2. The number of rotatable bonds is 5. The molecule has 0 fully saturated rings. The lowest BCUT2D eigenvalue weighted by atomic mass is 10.1. The summed E-state index contributed by atoms with van der Waals surface area (Å²) < 4.78 is 5.19. The molecule has 0 saturated heterocycles. The molecule has 1 amide bonds. The molecule has 0 spiro atoms. The predicted molar refractivity (Wildman–Crippen MR) is 86.2 cm³/mol. The number of benzene rings is 1. The largest absolute Gasteiger partial charge is 0.467 e. The van der Waals surface area contributed by atoms with Gasteiger partial charge in [0.1, 0.15) is 5.76 Å². The summed E-state index contributed by atoms with van der Waals surface area (Å²) in [6.45, 7) is 3.02.